The fraction of sp³-hybridized carbons (Fsp3) is 0.857. The van der Waals surface area contributed by atoms with Crippen molar-refractivity contribution < 1.29 is 23.5 Å². The minimum atomic E-state index is -1.03. The van der Waals surface area contributed by atoms with Gasteiger partial charge < -0.3 is 14.4 Å². The standard InChI is InChI=1S/C14H24FNO4/c1-13(2,3)20-12(18)16-7-6-10(8-15)14(4,9-16)11(17)19-5/h10H,6-9H2,1-5H3/t10-,14-/m1/s1. The summed E-state index contributed by atoms with van der Waals surface area (Å²) < 4.78 is 23.2. The van der Waals surface area contributed by atoms with E-state index >= 15 is 0 Å². The number of nitrogens with zero attached hydrogens (tertiary/aromatic N) is 1. The summed E-state index contributed by atoms with van der Waals surface area (Å²) in [7, 11) is 1.27. The molecule has 0 aromatic heterocycles. The van der Waals surface area contributed by atoms with Gasteiger partial charge in [-0.05, 0) is 34.1 Å². The average Bonchev–Trinajstić information content (AvgIpc) is 2.35. The molecule has 1 amide bonds. The molecule has 20 heavy (non-hydrogen) atoms. The smallest absolute Gasteiger partial charge is 0.410 e. The Morgan fingerprint density at radius 1 is 1.40 bits per heavy atom. The summed E-state index contributed by atoms with van der Waals surface area (Å²) in [5.41, 5.74) is -1.63. The van der Waals surface area contributed by atoms with Crippen LogP contribution in [0.4, 0.5) is 9.18 Å². The minimum absolute atomic E-state index is 0.114. The Kier molecular flexibility index (Phi) is 5.00. The lowest BCUT2D eigenvalue weighted by Gasteiger charge is -2.43. The minimum Gasteiger partial charge on any atom is -0.469 e. The molecular formula is C14H24FNO4. The van der Waals surface area contributed by atoms with Gasteiger partial charge in [-0.3, -0.25) is 9.18 Å². The number of hydrogen-bond donors (Lipinski definition) is 0. The third-order valence-electron chi connectivity index (χ3n) is 3.66. The van der Waals surface area contributed by atoms with Crippen molar-refractivity contribution in [2.45, 2.75) is 39.7 Å². The Bertz CT molecular complexity index is 380. The van der Waals surface area contributed by atoms with Crippen LogP contribution in [0.15, 0.2) is 0 Å². The van der Waals surface area contributed by atoms with Crippen LogP contribution in [0.5, 0.6) is 0 Å². The first kappa shape index (κ1) is 16.7. The van der Waals surface area contributed by atoms with Crippen molar-refractivity contribution in [1.29, 1.82) is 0 Å². The first-order valence-electron chi connectivity index (χ1n) is 6.76. The Balaban J connectivity index is 2.85. The molecule has 0 saturated carbocycles. The third kappa shape index (κ3) is 3.61. The normalized spacial score (nSPS) is 27.1. The van der Waals surface area contributed by atoms with Gasteiger partial charge in [0, 0.05) is 19.0 Å². The lowest BCUT2D eigenvalue weighted by Crippen LogP contribution is -2.54. The van der Waals surface area contributed by atoms with Gasteiger partial charge in [-0.1, -0.05) is 0 Å². The van der Waals surface area contributed by atoms with E-state index in [1.165, 1.54) is 12.0 Å². The molecule has 5 nitrogen and oxygen atoms in total. The van der Waals surface area contributed by atoms with Gasteiger partial charge in [0.25, 0.3) is 0 Å². The van der Waals surface area contributed by atoms with E-state index < -0.39 is 35.7 Å². The zero-order chi connectivity index (χ0) is 15.6. The Morgan fingerprint density at radius 2 is 2.00 bits per heavy atom. The van der Waals surface area contributed by atoms with Crippen LogP contribution in [0.2, 0.25) is 0 Å². The number of alkyl halides is 1. The highest BCUT2D eigenvalue weighted by Gasteiger charge is 2.48. The lowest BCUT2D eigenvalue weighted by atomic mass is 9.73. The van der Waals surface area contributed by atoms with Crippen molar-refractivity contribution in [2.24, 2.45) is 11.3 Å². The average molecular weight is 289 g/mol. The van der Waals surface area contributed by atoms with Crippen molar-refractivity contribution in [2.75, 3.05) is 26.9 Å². The number of esters is 1. The molecule has 1 aliphatic heterocycles. The fourth-order valence-electron chi connectivity index (χ4n) is 2.43. The third-order valence-corrected chi connectivity index (χ3v) is 3.66. The summed E-state index contributed by atoms with van der Waals surface area (Å²) in [6.07, 6.45) is -0.0635. The van der Waals surface area contributed by atoms with Gasteiger partial charge in [0.1, 0.15) is 5.60 Å². The second-order valence-corrected chi connectivity index (χ2v) is 6.45. The molecule has 0 radical (unpaired) electrons. The van der Waals surface area contributed by atoms with Crippen LogP contribution < -0.4 is 0 Å². The van der Waals surface area contributed by atoms with Crippen LogP contribution in [0.25, 0.3) is 0 Å². The van der Waals surface area contributed by atoms with Gasteiger partial charge >= 0.3 is 12.1 Å². The number of methoxy groups -OCH3 is 1. The number of amides is 1. The predicted molar refractivity (Wildman–Crippen MR) is 72.0 cm³/mol. The van der Waals surface area contributed by atoms with Gasteiger partial charge in [0.15, 0.2) is 0 Å². The fourth-order valence-corrected chi connectivity index (χ4v) is 2.43. The highest BCUT2D eigenvalue weighted by atomic mass is 19.1. The van der Waals surface area contributed by atoms with E-state index in [1.54, 1.807) is 27.7 Å². The van der Waals surface area contributed by atoms with Gasteiger partial charge in [-0.2, -0.15) is 0 Å². The molecule has 6 heteroatoms. The molecular weight excluding hydrogens is 265 g/mol. The van der Waals surface area contributed by atoms with Crippen molar-refractivity contribution >= 4 is 12.1 Å². The van der Waals surface area contributed by atoms with E-state index in [0.717, 1.165) is 0 Å². The van der Waals surface area contributed by atoms with Gasteiger partial charge in [0.2, 0.25) is 0 Å². The monoisotopic (exact) mass is 289 g/mol. The van der Waals surface area contributed by atoms with Gasteiger partial charge in [0.05, 0.1) is 19.2 Å². The van der Waals surface area contributed by atoms with Gasteiger partial charge in [-0.25, -0.2) is 4.79 Å². The van der Waals surface area contributed by atoms with E-state index in [2.05, 4.69) is 0 Å². The maximum Gasteiger partial charge on any atom is 0.410 e. The maximum atomic E-state index is 13.1. The van der Waals surface area contributed by atoms with Crippen molar-refractivity contribution in [3.8, 4) is 0 Å². The highest BCUT2D eigenvalue weighted by Crippen LogP contribution is 2.37. The van der Waals surface area contributed by atoms with Crippen molar-refractivity contribution in [3.63, 3.8) is 0 Å². The molecule has 0 unspecified atom stereocenters. The summed E-state index contributed by atoms with van der Waals surface area (Å²) >= 11 is 0. The van der Waals surface area contributed by atoms with Crippen LogP contribution in [-0.2, 0) is 14.3 Å². The summed E-state index contributed by atoms with van der Waals surface area (Å²) in [4.78, 5) is 25.5. The molecule has 0 aromatic rings. The van der Waals surface area contributed by atoms with E-state index in [1.807, 2.05) is 0 Å². The number of carbonyl (C=O) groups is 2. The maximum absolute atomic E-state index is 13.1. The van der Waals surface area contributed by atoms with Crippen LogP contribution in [0.3, 0.4) is 0 Å². The number of hydrogen-bond acceptors (Lipinski definition) is 4. The Morgan fingerprint density at radius 3 is 2.45 bits per heavy atom. The highest BCUT2D eigenvalue weighted by molar-refractivity contribution is 5.78. The number of likely N-dealkylation sites (tertiary alicyclic amines) is 1. The van der Waals surface area contributed by atoms with Crippen molar-refractivity contribution in [1.82, 2.24) is 4.90 Å². The molecule has 0 N–H and O–H groups in total. The van der Waals surface area contributed by atoms with Crippen LogP contribution in [0.1, 0.15) is 34.1 Å². The number of halogens is 1. The molecule has 0 aromatic carbocycles. The second kappa shape index (κ2) is 5.97. The molecule has 0 aliphatic carbocycles. The molecule has 2 atom stereocenters. The Hall–Kier alpha value is -1.33. The van der Waals surface area contributed by atoms with E-state index in [4.69, 9.17) is 9.47 Å². The molecule has 1 saturated heterocycles. The summed E-state index contributed by atoms with van der Waals surface area (Å²) in [5, 5.41) is 0. The molecule has 1 aliphatic rings. The second-order valence-electron chi connectivity index (χ2n) is 6.45. The molecule has 1 rings (SSSR count). The number of rotatable bonds is 2. The summed E-state index contributed by atoms with van der Waals surface area (Å²) in [6, 6.07) is 0. The zero-order valence-corrected chi connectivity index (χ0v) is 12.9. The molecule has 0 bridgehead atoms. The summed E-state index contributed by atoms with van der Waals surface area (Å²) in [6.45, 7) is 6.86. The van der Waals surface area contributed by atoms with Crippen LogP contribution in [0, 0.1) is 11.3 Å². The molecule has 1 heterocycles. The first-order valence-corrected chi connectivity index (χ1v) is 6.76. The van der Waals surface area contributed by atoms with E-state index in [9.17, 15) is 14.0 Å². The summed E-state index contributed by atoms with van der Waals surface area (Å²) in [5.74, 6) is -0.929. The molecule has 1 fully saturated rings. The van der Waals surface area contributed by atoms with Crippen molar-refractivity contribution in [3.05, 3.63) is 0 Å². The number of ether oxygens (including phenoxy) is 2. The number of carbonyl (C=O) groups excluding carboxylic acids is 2. The van der Waals surface area contributed by atoms with E-state index in [0.29, 0.717) is 13.0 Å². The number of piperidine rings is 1. The first-order chi connectivity index (χ1) is 9.14. The molecule has 116 valence electrons. The zero-order valence-electron chi connectivity index (χ0n) is 12.9. The lowest BCUT2D eigenvalue weighted by molar-refractivity contribution is -0.159. The SMILES string of the molecule is COC(=O)[C@]1(C)CN(C(=O)OC(C)(C)C)CC[C@@H]1CF. The Labute approximate surface area is 119 Å². The topological polar surface area (TPSA) is 55.8 Å². The predicted octanol–water partition coefficient (Wildman–Crippen LogP) is 2.39. The van der Waals surface area contributed by atoms with Gasteiger partial charge in [-0.15, -0.1) is 0 Å². The largest absolute Gasteiger partial charge is 0.469 e. The van der Waals surface area contributed by atoms with Crippen LogP contribution in [-0.4, -0.2) is 49.4 Å². The van der Waals surface area contributed by atoms with Crippen LogP contribution >= 0.6 is 0 Å². The quantitative estimate of drug-likeness (QED) is 0.732. The van der Waals surface area contributed by atoms with E-state index in [-0.39, 0.29) is 6.54 Å². The molecule has 0 spiro atoms.